The minimum atomic E-state index is -1.06. The van der Waals surface area contributed by atoms with Gasteiger partial charge in [0.05, 0.1) is 23.5 Å². The predicted octanol–water partition coefficient (Wildman–Crippen LogP) is 0.948. The van der Waals surface area contributed by atoms with Crippen LogP contribution in [0.4, 0.5) is 11.4 Å². The third-order valence-electron chi connectivity index (χ3n) is 1.68. The number of benzene rings is 1. The first kappa shape index (κ1) is 10.2. The van der Waals surface area contributed by atoms with E-state index < -0.39 is 5.97 Å². The van der Waals surface area contributed by atoms with Gasteiger partial charge in [0.1, 0.15) is 0 Å². The smallest absolute Gasteiger partial charge is 0.335 e. The van der Waals surface area contributed by atoms with Gasteiger partial charge in [0.25, 0.3) is 0 Å². The van der Waals surface area contributed by atoms with Crippen LogP contribution in [-0.2, 0) is 0 Å². The Bertz CT molecular complexity index is 340. The summed E-state index contributed by atoms with van der Waals surface area (Å²) in [5.74, 6) is -0.719. The second-order valence-corrected chi connectivity index (χ2v) is 2.72. The molecule has 1 aromatic carbocycles. The molecule has 14 heavy (non-hydrogen) atoms. The molecule has 0 aliphatic heterocycles. The second kappa shape index (κ2) is 3.87. The number of aromatic carboxylic acids is 1. The number of hydrogen-bond acceptors (Lipinski definition) is 4. The van der Waals surface area contributed by atoms with Crippen molar-refractivity contribution >= 4 is 17.3 Å². The van der Waals surface area contributed by atoms with Gasteiger partial charge in [-0.05, 0) is 19.1 Å². The van der Waals surface area contributed by atoms with E-state index in [1.165, 1.54) is 12.1 Å². The van der Waals surface area contributed by atoms with Gasteiger partial charge in [-0.3, -0.25) is 0 Å². The summed E-state index contributed by atoms with van der Waals surface area (Å²) in [6.45, 7) is 2.23. The van der Waals surface area contributed by atoms with Crippen LogP contribution in [0.15, 0.2) is 12.1 Å². The van der Waals surface area contributed by atoms with Gasteiger partial charge >= 0.3 is 5.97 Å². The maximum absolute atomic E-state index is 10.6. The first-order chi connectivity index (χ1) is 6.56. The summed E-state index contributed by atoms with van der Waals surface area (Å²) in [7, 11) is 0. The second-order valence-electron chi connectivity index (χ2n) is 2.72. The molecule has 0 atom stereocenters. The molecule has 0 spiro atoms. The zero-order valence-electron chi connectivity index (χ0n) is 7.78. The SMILES string of the molecule is CCOc1c(N)cc(C(=O)O)cc1N. The van der Waals surface area contributed by atoms with Gasteiger partial charge in [-0.2, -0.15) is 0 Å². The van der Waals surface area contributed by atoms with Crippen LogP contribution in [0.2, 0.25) is 0 Å². The standard InChI is InChI=1S/C9H12N2O3/c1-2-14-8-6(10)3-5(9(12)13)4-7(8)11/h3-4H,2,10-11H2,1H3,(H,12,13). The highest BCUT2D eigenvalue weighted by Gasteiger charge is 2.11. The number of hydrogen-bond donors (Lipinski definition) is 3. The summed E-state index contributed by atoms with van der Waals surface area (Å²) in [4.78, 5) is 10.6. The van der Waals surface area contributed by atoms with E-state index in [0.717, 1.165) is 0 Å². The maximum Gasteiger partial charge on any atom is 0.335 e. The number of ether oxygens (including phenoxy) is 1. The average molecular weight is 196 g/mol. The Kier molecular flexibility index (Phi) is 2.81. The average Bonchev–Trinajstić information content (AvgIpc) is 2.10. The monoisotopic (exact) mass is 196 g/mol. The fourth-order valence-corrected chi connectivity index (χ4v) is 1.11. The molecular formula is C9H12N2O3. The van der Waals surface area contributed by atoms with Crippen LogP contribution in [0.3, 0.4) is 0 Å². The van der Waals surface area contributed by atoms with Crippen LogP contribution >= 0.6 is 0 Å². The van der Waals surface area contributed by atoms with E-state index in [4.69, 9.17) is 21.3 Å². The van der Waals surface area contributed by atoms with Crippen molar-refractivity contribution < 1.29 is 14.6 Å². The lowest BCUT2D eigenvalue weighted by Gasteiger charge is -2.10. The number of nitrogens with two attached hydrogens (primary N) is 2. The van der Waals surface area contributed by atoms with Gasteiger partial charge in [-0.1, -0.05) is 0 Å². The van der Waals surface area contributed by atoms with Crippen LogP contribution in [0.25, 0.3) is 0 Å². The molecule has 0 aromatic heterocycles. The summed E-state index contributed by atoms with van der Waals surface area (Å²) in [5.41, 5.74) is 11.7. The lowest BCUT2D eigenvalue weighted by molar-refractivity contribution is 0.0697. The molecule has 0 unspecified atom stereocenters. The van der Waals surface area contributed by atoms with Crippen molar-refractivity contribution in [2.45, 2.75) is 6.92 Å². The number of anilines is 2. The highest BCUT2D eigenvalue weighted by atomic mass is 16.5. The number of carboxylic acid groups (broad SMARTS) is 1. The molecule has 5 nitrogen and oxygen atoms in total. The molecule has 0 aliphatic rings. The van der Waals surface area contributed by atoms with Gasteiger partial charge < -0.3 is 21.3 Å². The van der Waals surface area contributed by atoms with E-state index in [1.807, 2.05) is 0 Å². The molecule has 0 aliphatic carbocycles. The highest BCUT2D eigenvalue weighted by molar-refractivity contribution is 5.91. The molecule has 5 N–H and O–H groups in total. The fraction of sp³-hybridized carbons (Fsp3) is 0.222. The van der Waals surface area contributed by atoms with Crippen molar-refractivity contribution in [3.8, 4) is 5.75 Å². The Hall–Kier alpha value is -1.91. The summed E-state index contributed by atoms with van der Waals surface area (Å²) in [6, 6.07) is 2.65. The van der Waals surface area contributed by atoms with Crippen molar-refractivity contribution in [3.63, 3.8) is 0 Å². The third kappa shape index (κ3) is 1.87. The fourth-order valence-electron chi connectivity index (χ4n) is 1.11. The summed E-state index contributed by atoms with van der Waals surface area (Å²) in [6.07, 6.45) is 0. The summed E-state index contributed by atoms with van der Waals surface area (Å²) in [5, 5.41) is 8.70. The normalized spacial score (nSPS) is 9.79. The molecular weight excluding hydrogens is 184 g/mol. The molecule has 5 heteroatoms. The third-order valence-corrected chi connectivity index (χ3v) is 1.68. The maximum atomic E-state index is 10.6. The first-order valence-electron chi connectivity index (χ1n) is 4.11. The van der Waals surface area contributed by atoms with Crippen molar-refractivity contribution in [1.82, 2.24) is 0 Å². The van der Waals surface area contributed by atoms with Crippen LogP contribution in [0, 0.1) is 0 Å². The van der Waals surface area contributed by atoms with E-state index in [0.29, 0.717) is 12.4 Å². The zero-order valence-corrected chi connectivity index (χ0v) is 7.78. The Morgan fingerprint density at radius 3 is 2.29 bits per heavy atom. The molecule has 0 bridgehead atoms. The van der Waals surface area contributed by atoms with Crippen molar-refractivity contribution in [2.24, 2.45) is 0 Å². The Balaban J connectivity index is 3.18. The van der Waals surface area contributed by atoms with Crippen LogP contribution in [0.1, 0.15) is 17.3 Å². The number of carboxylic acids is 1. The summed E-state index contributed by atoms with van der Waals surface area (Å²) >= 11 is 0. The molecule has 76 valence electrons. The molecule has 0 amide bonds. The largest absolute Gasteiger partial charge is 0.490 e. The van der Waals surface area contributed by atoms with Crippen LogP contribution < -0.4 is 16.2 Å². The molecule has 1 rings (SSSR count). The predicted molar refractivity (Wildman–Crippen MR) is 53.4 cm³/mol. The first-order valence-corrected chi connectivity index (χ1v) is 4.11. The Morgan fingerprint density at radius 2 is 1.93 bits per heavy atom. The van der Waals surface area contributed by atoms with Gasteiger partial charge in [0, 0.05) is 0 Å². The Morgan fingerprint density at radius 1 is 1.43 bits per heavy atom. The van der Waals surface area contributed by atoms with Gasteiger partial charge in [0.15, 0.2) is 5.75 Å². The quantitative estimate of drug-likeness (QED) is 0.625. The minimum Gasteiger partial charge on any atom is -0.490 e. The molecule has 0 heterocycles. The van der Waals surface area contributed by atoms with Gasteiger partial charge in [-0.15, -0.1) is 0 Å². The van der Waals surface area contributed by atoms with Crippen molar-refractivity contribution in [3.05, 3.63) is 17.7 Å². The molecule has 0 radical (unpaired) electrons. The lowest BCUT2D eigenvalue weighted by Crippen LogP contribution is -2.05. The van der Waals surface area contributed by atoms with E-state index in [2.05, 4.69) is 0 Å². The number of rotatable bonds is 3. The van der Waals surface area contributed by atoms with E-state index in [-0.39, 0.29) is 16.9 Å². The van der Waals surface area contributed by atoms with E-state index >= 15 is 0 Å². The molecule has 0 fully saturated rings. The minimum absolute atomic E-state index is 0.0588. The molecule has 0 saturated carbocycles. The molecule has 0 saturated heterocycles. The zero-order chi connectivity index (χ0) is 10.7. The van der Waals surface area contributed by atoms with Crippen molar-refractivity contribution in [2.75, 3.05) is 18.1 Å². The van der Waals surface area contributed by atoms with Crippen LogP contribution in [0.5, 0.6) is 5.75 Å². The molecule has 1 aromatic rings. The van der Waals surface area contributed by atoms with E-state index in [9.17, 15) is 4.79 Å². The van der Waals surface area contributed by atoms with Crippen LogP contribution in [-0.4, -0.2) is 17.7 Å². The lowest BCUT2D eigenvalue weighted by atomic mass is 10.1. The number of nitrogen functional groups attached to an aromatic ring is 2. The van der Waals surface area contributed by atoms with Crippen molar-refractivity contribution in [1.29, 1.82) is 0 Å². The van der Waals surface area contributed by atoms with Gasteiger partial charge in [-0.25, -0.2) is 4.79 Å². The topological polar surface area (TPSA) is 98.6 Å². The number of carbonyl (C=O) groups is 1. The van der Waals surface area contributed by atoms with Gasteiger partial charge in [0.2, 0.25) is 0 Å². The highest BCUT2D eigenvalue weighted by Crippen LogP contribution is 2.30. The summed E-state index contributed by atoms with van der Waals surface area (Å²) < 4.78 is 5.16. The van der Waals surface area contributed by atoms with E-state index in [1.54, 1.807) is 6.92 Å². The Labute approximate surface area is 81.3 Å².